The number of hydrogen-bond donors (Lipinski definition) is 2. The van der Waals surface area contributed by atoms with Gasteiger partial charge < -0.3 is 16.2 Å². The summed E-state index contributed by atoms with van der Waals surface area (Å²) >= 11 is 11.9. The minimum atomic E-state index is 0.387. The Morgan fingerprint density at radius 1 is 1.00 bits per heavy atom. The summed E-state index contributed by atoms with van der Waals surface area (Å²) in [5.74, 6) is 0. The van der Waals surface area contributed by atoms with Crippen LogP contribution >= 0.6 is 23.2 Å². The topological polar surface area (TPSA) is 61.3 Å². The lowest BCUT2D eigenvalue weighted by Crippen LogP contribution is -1.95. The summed E-state index contributed by atoms with van der Waals surface area (Å²) in [5, 5.41) is 1.04. The van der Waals surface area contributed by atoms with Gasteiger partial charge in [0.05, 0.1) is 16.4 Å². The highest BCUT2D eigenvalue weighted by Gasteiger charge is 2.08. The van der Waals surface area contributed by atoms with Crippen LogP contribution in [-0.2, 0) is 4.74 Å². The van der Waals surface area contributed by atoms with Gasteiger partial charge >= 0.3 is 0 Å². The summed E-state index contributed by atoms with van der Waals surface area (Å²) in [4.78, 5) is 0. The molecule has 2 aromatic rings. The van der Waals surface area contributed by atoms with E-state index in [9.17, 15) is 0 Å². The Bertz CT molecular complexity index is 559. The molecule has 0 radical (unpaired) electrons. The smallest absolute Gasteiger partial charge is 0.0870 e. The van der Waals surface area contributed by atoms with Crippen LogP contribution in [0.3, 0.4) is 0 Å². The normalized spacial score (nSPS) is 9.68. The van der Waals surface area contributed by atoms with Crippen molar-refractivity contribution in [2.45, 2.75) is 0 Å². The van der Waals surface area contributed by atoms with E-state index in [4.69, 9.17) is 34.7 Å². The summed E-state index contributed by atoms with van der Waals surface area (Å²) < 4.78 is 4.25. The molecule has 2 rings (SSSR count). The van der Waals surface area contributed by atoms with Gasteiger partial charge in [0, 0.05) is 24.8 Å². The molecule has 0 spiro atoms. The molecule has 0 atom stereocenters. The van der Waals surface area contributed by atoms with Gasteiger partial charge in [0.1, 0.15) is 0 Å². The highest BCUT2D eigenvalue weighted by Crippen LogP contribution is 2.35. The van der Waals surface area contributed by atoms with E-state index >= 15 is 0 Å². The van der Waals surface area contributed by atoms with Crippen molar-refractivity contribution in [3.05, 3.63) is 46.4 Å². The SMILES string of the molecule is COC.Nc1ccc(-c2cccc(Cl)c2)c(N)c1Cl. The summed E-state index contributed by atoms with van der Waals surface area (Å²) in [6.07, 6.45) is 0. The van der Waals surface area contributed by atoms with Crippen molar-refractivity contribution >= 4 is 34.6 Å². The standard InChI is InChI=1S/C12H10Cl2N2.C2H6O/c13-8-3-1-2-7(6-8)9-4-5-10(15)11(14)12(9)16;1-3-2/h1-6H,15-16H2;1-2H3. The molecule has 0 saturated heterocycles. The summed E-state index contributed by atoms with van der Waals surface area (Å²) in [6.45, 7) is 0. The van der Waals surface area contributed by atoms with E-state index in [0.717, 1.165) is 11.1 Å². The Kier molecular flexibility index (Phi) is 5.96. The van der Waals surface area contributed by atoms with Gasteiger partial charge in [0.2, 0.25) is 0 Å². The van der Waals surface area contributed by atoms with Crippen molar-refractivity contribution in [1.29, 1.82) is 0 Å². The molecule has 2 aromatic carbocycles. The lowest BCUT2D eigenvalue weighted by atomic mass is 10.0. The molecule has 0 heterocycles. The van der Waals surface area contributed by atoms with Gasteiger partial charge in [-0.2, -0.15) is 0 Å². The molecular weight excluding hydrogens is 283 g/mol. The Labute approximate surface area is 123 Å². The fraction of sp³-hybridized carbons (Fsp3) is 0.143. The molecule has 102 valence electrons. The van der Waals surface area contributed by atoms with Crippen LogP contribution in [0.1, 0.15) is 0 Å². The molecular formula is C14H16Cl2N2O. The minimum absolute atomic E-state index is 0.387. The van der Waals surface area contributed by atoms with E-state index in [1.165, 1.54) is 0 Å². The quantitative estimate of drug-likeness (QED) is 0.780. The van der Waals surface area contributed by atoms with Crippen molar-refractivity contribution in [1.82, 2.24) is 0 Å². The number of anilines is 2. The van der Waals surface area contributed by atoms with Crippen LogP contribution in [-0.4, -0.2) is 14.2 Å². The molecule has 0 saturated carbocycles. The molecule has 0 aliphatic rings. The van der Waals surface area contributed by atoms with Crippen molar-refractivity contribution in [3.63, 3.8) is 0 Å². The monoisotopic (exact) mass is 298 g/mol. The average molecular weight is 299 g/mol. The predicted molar refractivity (Wildman–Crippen MR) is 83.7 cm³/mol. The zero-order valence-corrected chi connectivity index (χ0v) is 12.3. The molecule has 0 fully saturated rings. The zero-order chi connectivity index (χ0) is 14.4. The molecule has 0 amide bonds. The van der Waals surface area contributed by atoms with Crippen LogP contribution in [0.25, 0.3) is 11.1 Å². The fourth-order valence-electron chi connectivity index (χ4n) is 1.52. The van der Waals surface area contributed by atoms with Crippen LogP contribution in [0.4, 0.5) is 11.4 Å². The molecule has 0 aromatic heterocycles. The first-order chi connectivity index (χ1) is 9.01. The Balaban J connectivity index is 0.000000550. The van der Waals surface area contributed by atoms with Gasteiger partial charge in [-0.05, 0) is 23.8 Å². The molecule has 19 heavy (non-hydrogen) atoms. The number of benzene rings is 2. The van der Waals surface area contributed by atoms with Gasteiger partial charge in [-0.25, -0.2) is 0 Å². The summed E-state index contributed by atoms with van der Waals surface area (Å²) in [6, 6.07) is 11.0. The van der Waals surface area contributed by atoms with Gasteiger partial charge in [-0.15, -0.1) is 0 Å². The molecule has 0 bridgehead atoms. The van der Waals surface area contributed by atoms with E-state index in [1.54, 1.807) is 26.4 Å². The number of rotatable bonds is 1. The number of ether oxygens (including phenoxy) is 1. The average Bonchev–Trinajstić information content (AvgIpc) is 2.37. The van der Waals surface area contributed by atoms with Crippen LogP contribution < -0.4 is 11.5 Å². The van der Waals surface area contributed by atoms with E-state index in [-0.39, 0.29) is 0 Å². The zero-order valence-electron chi connectivity index (χ0n) is 10.8. The van der Waals surface area contributed by atoms with E-state index < -0.39 is 0 Å². The predicted octanol–water partition coefficient (Wildman–Crippen LogP) is 4.09. The molecule has 0 aliphatic carbocycles. The van der Waals surface area contributed by atoms with Crippen LogP contribution in [0, 0.1) is 0 Å². The maximum absolute atomic E-state index is 5.99. The molecule has 0 aliphatic heterocycles. The third kappa shape index (κ3) is 4.03. The van der Waals surface area contributed by atoms with Crippen LogP contribution in [0.5, 0.6) is 0 Å². The second-order valence-electron chi connectivity index (χ2n) is 3.85. The fourth-order valence-corrected chi connectivity index (χ4v) is 1.87. The minimum Gasteiger partial charge on any atom is -0.397 e. The molecule has 4 N–H and O–H groups in total. The van der Waals surface area contributed by atoms with Crippen molar-refractivity contribution in [2.24, 2.45) is 0 Å². The van der Waals surface area contributed by atoms with Crippen molar-refractivity contribution in [2.75, 3.05) is 25.7 Å². The number of halogens is 2. The third-order valence-corrected chi connectivity index (χ3v) is 3.00. The first-order valence-electron chi connectivity index (χ1n) is 5.50. The van der Waals surface area contributed by atoms with Crippen molar-refractivity contribution < 1.29 is 4.74 Å². The lowest BCUT2D eigenvalue weighted by molar-refractivity contribution is 0.277. The molecule has 5 heteroatoms. The third-order valence-electron chi connectivity index (χ3n) is 2.35. The van der Waals surface area contributed by atoms with Crippen LogP contribution in [0.2, 0.25) is 10.0 Å². The first-order valence-corrected chi connectivity index (χ1v) is 6.26. The lowest BCUT2D eigenvalue weighted by Gasteiger charge is -2.09. The molecule has 0 unspecified atom stereocenters. The number of nitrogens with two attached hydrogens (primary N) is 2. The summed E-state index contributed by atoms with van der Waals surface area (Å²) in [5.41, 5.74) is 14.3. The second kappa shape index (κ2) is 7.24. The van der Waals surface area contributed by atoms with E-state index in [2.05, 4.69) is 4.74 Å². The highest BCUT2D eigenvalue weighted by atomic mass is 35.5. The maximum Gasteiger partial charge on any atom is 0.0870 e. The molecule has 3 nitrogen and oxygen atoms in total. The number of methoxy groups -OCH3 is 1. The van der Waals surface area contributed by atoms with E-state index in [1.807, 2.05) is 24.3 Å². The van der Waals surface area contributed by atoms with Gasteiger partial charge in [-0.1, -0.05) is 41.4 Å². The Hall–Kier alpha value is -1.42. The number of nitrogen functional groups attached to an aromatic ring is 2. The van der Waals surface area contributed by atoms with Crippen molar-refractivity contribution in [3.8, 4) is 11.1 Å². The first kappa shape index (κ1) is 15.6. The summed E-state index contributed by atoms with van der Waals surface area (Å²) in [7, 11) is 3.25. The second-order valence-corrected chi connectivity index (χ2v) is 4.66. The van der Waals surface area contributed by atoms with Gasteiger partial charge in [0.15, 0.2) is 0 Å². The Morgan fingerprint density at radius 3 is 2.21 bits per heavy atom. The van der Waals surface area contributed by atoms with Gasteiger partial charge in [0.25, 0.3) is 0 Å². The number of hydrogen-bond acceptors (Lipinski definition) is 3. The Morgan fingerprint density at radius 2 is 1.63 bits per heavy atom. The highest BCUT2D eigenvalue weighted by molar-refractivity contribution is 6.36. The van der Waals surface area contributed by atoms with E-state index in [0.29, 0.717) is 21.4 Å². The maximum atomic E-state index is 5.99. The van der Waals surface area contributed by atoms with Crippen LogP contribution in [0.15, 0.2) is 36.4 Å². The van der Waals surface area contributed by atoms with Gasteiger partial charge in [-0.3, -0.25) is 0 Å². The largest absolute Gasteiger partial charge is 0.397 e.